The topological polar surface area (TPSA) is 83.9 Å². The van der Waals surface area contributed by atoms with Crippen LogP contribution in [0.25, 0.3) is 17.0 Å². The number of methoxy groups -OCH3 is 3. The number of benzene rings is 1. The third kappa shape index (κ3) is 2.16. The van der Waals surface area contributed by atoms with E-state index in [0.29, 0.717) is 34.4 Å². The molecule has 2 aromatic heterocycles. The Morgan fingerprint density at radius 3 is 2.23 bits per heavy atom. The summed E-state index contributed by atoms with van der Waals surface area (Å²) >= 11 is 0. The van der Waals surface area contributed by atoms with Crippen molar-refractivity contribution in [2.24, 2.45) is 0 Å². The van der Waals surface area contributed by atoms with Crippen LogP contribution in [-0.4, -0.2) is 35.9 Å². The number of rotatable bonds is 4. The zero-order chi connectivity index (χ0) is 15.7. The molecule has 22 heavy (non-hydrogen) atoms. The van der Waals surface area contributed by atoms with E-state index in [-0.39, 0.29) is 0 Å². The Balaban J connectivity index is 2.24. The summed E-state index contributed by atoms with van der Waals surface area (Å²) in [5.41, 5.74) is 7.96. The van der Waals surface area contributed by atoms with Gasteiger partial charge in [0.2, 0.25) is 5.75 Å². The van der Waals surface area contributed by atoms with Crippen molar-refractivity contribution in [2.75, 3.05) is 27.1 Å². The molecule has 2 N–H and O–H groups in total. The number of pyridine rings is 1. The molecule has 0 saturated carbocycles. The zero-order valence-corrected chi connectivity index (χ0v) is 12.5. The maximum Gasteiger partial charge on any atom is 0.203 e. The number of nitrogen functional groups attached to an aromatic ring is 1. The van der Waals surface area contributed by atoms with Gasteiger partial charge in [-0.3, -0.25) is 4.40 Å². The van der Waals surface area contributed by atoms with Gasteiger partial charge in [-0.2, -0.15) is 0 Å². The lowest BCUT2D eigenvalue weighted by molar-refractivity contribution is 0.324. The highest BCUT2D eigenvalue weighted by Crippen LogP contribution is 2.40. The van der Waals surface area contributed by atoms with Gasteiger partial charge in [-0.1, -0.05) is 0 Å². The van der Waals surface area contributed by atoms with E-state index in [1.54, 1.807) is 33.6 Å². The summed E-state index contributed by atoms with van der Waals surface area (Å²) in [5.74, 6) is 2.28. The molecule has 0 spiro atoms. The van der Waals surface area contributed by atoms with Gasteiger partial charge in [-0.25, -0.2) is 0 Å². The first-order valence-corrected chi connectivity index (χ1v) is 6.58. The highest BCUT2D eigenvalue weighted by atomic mass is 16.5. The molecule has 0 amide bonds. The maximum absolute atomic E-state index is 5.84. The summed E-state index contributed by atoms with van der Waals surface area (Å²) in [4.78, 5) is 0. The molecule has 0 radical (unpaired) electrons. The van der Waals surface area contributed by atoms with Crippen molar-refractivity contribution in [3.8, 4) is 28.6 Å². The van der Waals surface area contributed by atoms with Crippen LogP contribution in [0.5, 0.6) is 17.2 Å². The van der Waals surface area contributed by atoms with Crippen LogP contribution in [0.15, 0.2) is 30.5 Å². The molecule has 0 unspecified atom stereocenters. The summed E-state index contributed by atoms with van der Waals surface area (Å²) < 4.78 is 17.9. The largest absolute Gasteiger partial charge is 0.493 e. The summed E-state index contributed by atoms with van der Waals surface area (Å²) in [7, 11) is 4.70. The van der Waals surface area contributed by atoms with Crippen LogP contribution in [-0.2, 0) is 0 Å². The van der Waals surface area contributed by atoms with Crippen LogP contribution in [0.3, 0.4) is 0 Å². The molecule has 0 fully saturated rings. The molecule has 3 aromatic rings. The Morgan fingerprint density at radius 2 is 1.64 bits per heavy atom. The fourth-order valence-electron chi connectivity index (χ4n) is 2.31. The lowest BCUT2D eigenvalue weighted by atomic mass is 10.1. The Kier molecular flexibility index (Phi) is 3.46. The highest BCUT2D eigenvalue weighted by Gasteiger charge is 2.17. The quantitative estimate of drug-likeness (QED) is 0.793. The van der Waals surface area contributed by atoms with Gasteiger partial charge in [-0.05, 0) is 24.3 Å². The monoisotopic (exact) mass is 300 g/mol. The van der Waals surface area contributed by atoms with Crippen LogP contribution >= 0.6 is 0 Å². The first kappa shape index (κ1) is 14.0. The van der Waals surface area contributed by atoms with Crippen molar-refractivity contribution >= 4 is 11.3 Å². The Hall–Kier alpha value is -2.96. The molecule has 0 bridgehead atoms. The third-order valence-corrected chi connectivity index (χ3v) is 3.35. The molecule has 7 heteroatoms. The Morgan fingerprint density at radius 1 is 0.955 bits per heavy atom. The molecule has 114 valence electrons. The van der Waals surface area contributed by atoms with Gasteiger partial charge in [0.1, 0.15) is 0 Å². The highest BCUT2D eigenvalue weighted by molar-refractivity contribution is 5.69. The predicted molar refractivity (Wildman–Crippen MR) is 82.5 cm³/mol. The summed E-state index contributed by atoms with van der Waals surface area (Å²) in [6.07, 6.45) is 1.77. The fraction of sp³-hybridized carbons (Fsp3) is 0.200. The zero-order valence-electron chi connectivity index (χ0n) is 12.5. The van der Waals surface area contributed by atoms with E-state index in [1.807, 2.05) is 22.6 Å². The third-order valence-electron chi connectivity index (χ3n) is 3.35. The van der Waals surface area contributed by atoms with Crippen molar-refractivity contribution in [3.63, 3.8) is 0 Å². The second kappa shape index (κ2) is 5.44. The smallest absolute Gasteiger partial charge is 0.203 e. The standard InChI is InChI=1S/C15H16N4O3/c1-20-11-6-9(7-12(21-2)14(11)22-3)15-18-17-13-5-4-10(16)8-19(13)15/h4-8H,16H2,1-3H3. The number of fused-ring (bicyclic) bond motifs is 1. The number of nitrogens with zero attached hydrogens (tertiary/aromatic N) is 3. The minimum absolute atomic E-state index is 0.530. The number of hydrogen-bond acceptors (Lipinski definition) is 6. The molecule has 0 aliphatic carbocycles. The van der Waals surface area contributed by atoms with Crippen LogP contribution < -0.4 is 19.9 Å². The van der Waals surface area contributed by atoms with Crippen molar-refractivity contribution in [1.82, 2.24) is 14.6 Å². The van der Waals surface area contributed by atoms with E-state index in [2.05, 4.69) is 10.2 Å². The van der Waals surface area contributed by atoms with Gasteiger partial charge < -0.3 is 19.9 Å². The number of ether oxygens (including phenoxy) is 3. The lowest BCUT2D eigenvalue weighted by Gasteiger charge is -2.13. The SMILES string of the molecule is COc1cc(-c2nnc3ccc(N)cn23)cc(OC)c1OC. The van der Waals surface area contributed by atoms with Crippen molar-refractivity contribution in [1.29, 1.82) is 0 Å². The Labute approximate surface area is 127 Å². The van der Waals surface area contributed by atoms with Crippen molar-refractivity contribution in [3.05, 3.63) is 30.5 Å². The van der Waals surface area contributed by atoms with Gasteiger partial charge in [0.05, 0.1) is 21.3 Å². The molecule has 0 atom stereocenters. The van der Waals surface area contributed by atoms with Crippen molar-refractivity contribution in [2.45, 2.75) is 0 Å². The van der Waals surface area contributed by atoms with E-state index in [0.717, 1.165) is 5.56 Å². The number of hydrogen-bond donors (Lipinski definition) is 1. The first-order chi connectivity index (χ1) is 10.7. The molecule has 3 rings (SSSR count). The predicted octanol–water partition coefficient (Wildman–Crippen LogP) is 2.00. The van der Waals surface area contributed by atoms with E-state index in [1.165, 1.54) is 0 Å². The van der Waals surface area contributed by atoms with Crippen LogP contribution in [0.4, 0.5) is 5.69 Å². The molecule has 0 aliphatic rings. The van der Waals surface area contributed by atoms with Gasteiger partial charge in [0.15, 0.2) is 23.0 Å². The lowest BCUT2D eigenvalue weighted by Crippen LogP contribution is -1.97. The number of nitrogens with two attached hydrogens (primary N) is 1. The van der Waals surface area contributed by atoms with Crippen molar-refractivity contribution < 1.29 is 14.2 Å². The van der Waals surface area contributed by atoms with E-state index < -0.39 is 0 Å². The number of aromatic nitrogens is 3. The van der Waals surface area contributed by atoms with E-state index in [9.17, 15) is 0 Å². The molecule has 1 aromatic carbocycles. The van der Waals surface area contributed by atoms with Gasteiger partial charge in [0, 0.05) is 17.4 Å². The van der Waals surface area contributed by atoms with Crippen LogP contribution in [0, 0.1) is 0 Å². The average Bonchev–Trinajstić information content (AvgIpc) is 2.96. The normalized spacial score (nSPS) is 10.7. The van der Waals surface area contributed by atoms with E-state index in [4.69, 9.17) is 19.9 Å². The van der Waals surface area contributed by atoms with E-state index >= 15 is 0 Å². The molecule has 0 aliphatic heterocycles. The summed E-state index contributed by atoms with van der Waals surface area (Å²) in [5, 5.41) is 8.35. The molecule has 7 nitrogen and oxygen atoms in total. The fourth-order valence-corrected chi connectivity index (χ4v) is 2.31. The summed E-state index contributed by atoms with van der Waals surface area (Å²) in [6.45, 7) is 0. The minimum atomic E-state index is 0.530. The maximum atomic E-state index is 5.84. The van der Waals surface area contributed by atoms with Gasteiger partial charge >= 0.3 is 0 Å². The molecule has 2 heterocycles. The first-order valence-electron chi connectivity index (χ1n) is 6.58. The van der Waals surface area contributed by atoms with Gasteiger partial charge in [-0.15, -0.1) is 10.2 Å². The number of anilines is 1. The molecular weight excluding hydrogens is 284 g/mol. The molecule has 0 saturated heterocycles. The summed E-state index contributed by atoms with van der Waals surface area (Å²) in [6, 6.07) is 7.23. The Bertz CT molecular complexity index is 804. The average molecular weight is 300 g/mol. The van der Waals surface area contributed by atoms with Crippen LogP contribution in [0.2, 0.25) is 0 Å². The second-order valence-electron chi connectivity index (χ2n) is 4.63. The van der Waals surface area contributed by atoms with Crippen LogP contribution in [0.1, 0.15) is 0 Å². The minimum Gasteiger partial charge on any atom is -0.493 e. The van der Waals surface area contributed by atoms with Gasteiger partial charge in [0.25, 0.3) is 0 Å². The second-order valence-corrected chi connectivity index (χ2v) is 4.63. The molecular formula is C15H16N4O3.